The van der Waals surface area contributed by atoms with E-state index in [2.05, 4.69) is 28.0 Å². The van der Waals surface area contributed by atoms with Crippen molar-refractivity contribution in [1.29, 1.82) is 5.26 Å². The second-order valence-corrected chi connectivity index (χ2v) is 9.80. The van der Waals surface area contributed by atoms with Gasteiger partial charge in [0.2, 0.25) is 0 Å². The van der Waals surface area contributed by atoms with Gasteiger partial charge in [-0.05, 0) is 86.6 Å². The SMILES string of the molecule is CC.CC(C)N1CCCc2cc(-c3cnn(C)c3)c(C(F)(F)F)cc21.CN1CCCc2cc(C#N)ccc21. The molecular weight excluding hydrogens is 487 g/mol. The quantitative estimate of drug-likeness (QED) is 0.354. The molecule has 0 saturated heterocycles. The van der Waals surface area contributed by atoms with Gasteiger partial charge in [-0.25, -0.2) is 0 Å². The molecule has 0 saturated carbocycles. The highest BCUT2D eigenvalue weighted by Crippen LogP contribution is 2.42. The van der Waals surface area contributed by atoms with Crippen molar-refractivity contribution in [2.75, 3.05) is 29.9 Å². The lowest BCUT2D eigenvalue weighted by molar-refractivity contribution is -0.137. The summed E-state index contributed by atoms with van der Waals surface area (Å²) in [7, 11) is 3.81. The summed E-state index contributed by atoms with van der Waals surface area (Å²) in [5.74, 6) is 0. The summed E-state index contributed by atoms with van der Waals surface area (Å²) in [6, 6.07) is 11.3. The number of fused-ring (bicyclic) bond motifs is 2. The summed E-state index contributed by atoms with van der Waals surface area (Å²) in [5.41, 5.74) is 5.20. The molecule has 2 aliphatic heterocycles. The third-order valence-corrected chi connectivity index (χ3v) is 6.88. The maximum Gasteiger partial charge on any atom is 0.417 e. The highest BCUT2D eigenvalue weighted by Gasteiger charge is 2.36. The first-order valence-electron chi connectivity index (χ1n) is 13.3. The monoisotopic (exact) mass is 525 g/mol. The molecule has 2 aliphatic rings. The van der Waals surface area contributed by atoms with Crippen molar-refractivity contribution in [1.82, 2.24) is 9.78 Å². The van der Waals surface area contributed by atoms with Crippen molar-refractivity contribution in [3.8, 4) is 17.2 Å². The number of aryl methyl sites for hydroxylation is 3. The molecule has 0 amide bonds. The van der Waals surface area contributed by atoms with Crippen LogP contribution < -0.4 is 9.80 Å². The van der Waals surface area contributed by atoms with E-state index in [1.165, 1.54) is 34.6 Å². The van der Waals surface area contributed by atoms with Crippen LogP contribution in [0.5, 0.6) is 0 Å². The van der Waals surface area contributed by atoms with E-state index in [1.54, 1.807) is 19.3 Å². The van der Waals surface area contributed by atoms with E-state index in [-0.39, 0.29) is 11.6 Å². The van der Waals surface area contributed by atoms with Gasteiger partial charge >= 0.3 is 6.18 Å². The second kappa shape index (κ2) is 12.4. The fraction of sp³-hybridized carbons (Fsp3) is 0.467. The van der Waals surface area contributed by atoms with Crippen LogP contribution in [0.1, 0.15) is 62.8 Å². The van der Waals surface area contributed by atoms with Gasteiger partial charge in [0.1, 0.15) is 0 Å². The summed E-state index contributed by atoms with van der Waals surface area (Å²) >= 11 is 0. The average Bonchev–Trinajstić information content (AvgIpc) is 3.34. The van der Waals surface area contributed by atoms with Crippen molar-refractivity contribution in [3.63, 3.8) is 0 Å². The molecule has 3 heterocycles. The fourth-order valence-corrected chi connectivity index (χ4v) is 5.09. The van der Waals surface area contributed by atoms with Crippen LogP contribution in [0.4, 0.5) is 24.5 Å². The van der Waals surface area contributed by atoms with E-state index in [1.807, 2.05) is 45.9 Å². The predicted octanol–water partition coefficient (Wildman–Crippen LogP) is 7.23. The predicted molar refractivity (Wildman–Crippen MR) is 149 cm³/mol. The Balaban J connectivity index is 0.000000225. The van der Waals surface area contributed by atoms with Gasteiger partial charge in [-0.15, -0.1) is 0 Å². The van der Waals surface area contributed by atoms with Crippen molar-refractivity contribution >= 4 is 11.4 Å². The Morgan fingerprint density at radius 2 is 1.61 bits per heavy atom. The van der Waals surface area contributed by atoms with Gasteiger partial charge in [-0.1, -0.05) is 13.8 Å². The number of rotatable bonds is 2. The molecule has 8 heteroatoms. The zero-order valence-electron chi connectivity index (χ0n) is 23.2. The molecule has 204 valence electrons. The lowest BCUT2D eigenvalue weighted by Crippen LogP contribution is -2.35. The van der Waals surface area contributed by atoms with E-state index < -0.39 is 11.7 Å². The third-order valence-electron chi connectivity index (χ3n) is 6.88. The van der Waals surface area contributed by atoms with Crippen LogP contribution in [0.3, 0.4) is 0 Å². The first kappa shape index (κ1) is 29.1. The Labute approximate surface area is 224 Å². The number of hydrogen-bond donors (Lipinski definition) is 0. The van der Waals surface area contributed by atoms with Crippen LogP contribution in [-0.2, 0) is 26.1 Å². The van der Waals surface area contributed by atoms with E-state index in [0.717, 1.165) is 43.5 Å². The first-order chi connectivity index (χ1) is 18.1. The minimum Gasteiger partial charge on any atom is -0.374 e. The molecule has 5 nitrogen and oxygen atoms in total. The van der Waals surface area contributed by atoms with Crippen LogP contribution >= 0.6 is 0 Å². The molecule has 5 rings (SSSR count). The van der Waals surface area contributed by atoms with Crippen LogP contribution in [0, 0.1) is 11.3 Å². The van der Waals surface area contributed by atoms with Gasteiger partial charge in [0, 0.05) is 56.4 Å². The number of aromatic nitrogens is 2. The molecule has 38 heavy (non-hydrogen) atoms. The fourth-order valence-electron chi connectivity index (χ4n) is 5.09. The zero-order chi connectivity index (χ0) is 28.0. The maximum absolute atomic E-state index is 13.6. The van der Waals surface area contributed by atoms with E-state index >= 15 is 0 Å². The topological polar surface area (TPSA) is 48.1 Å². The average molecular weight is 526 g/mol. The third kappa shape index (κ3) is 6.50. The number of nitriles is 1. The minimum atomic E-state index is -4.39. The molecule has 0 N–H and O–H groups in total. The second-order valence-electron chi connectivity index (χ2n) is 9.80. The van der Waals surface area contributed by atoms with E-state index in [0.29, 0.717) is 11.3 Å². The lowest BCUT2D eigenvalue weighted by atomic mass is 9.92. The van der Waals surface area contributed by atoms with Gasteiger partial charge < -0.3 is 9.80 Å². The Morgan fingerprint density at radius 1 is 0.947 bits per heavy atom. The van der Waals surface area contributed by atoms with Gasteiger partial charge in [0.25, 0.3) is 0 Å². The van der Waals surface area contributed by atoms with Gasteiger partial charge in [-0.3, -0.25) is 4.68 Å². The molecule has 0 fully saturated rings. The Bertz CT molecular complexity index is 1270. The number of benzene rings is 2. The van der Waals surface area contributed by atoms with Crippen LogP contribution in [0.15, 0.2) is 42.7 Å². The highest BCUT2D eigenvalue weighted by atomic mass is 19.4. The smallest absolute Gasteiger partial charge is 0.374 e. The lowest BCUT2D eigenvalue weighted by Gasteiger charge is -2.35. The summed E-state index contributed by atoms with van der Waals surface area (Å²) in [5, 5.41) is 12.8. The molecule has 0 atom stereocenters. The van der Waals surface area contributed by atoms with E-state index in [9.17, 15) is 13.2 Å². The van der Waals surface area contributed by atoms with E-state index in [4.69, 9.17) is 5.26 Å². The molecule has 0 radical (unpaired) electrons. The largest absolute Gasteiger partial charge is 0.417 e. The highest BCUT2D eigenvalue weighted by molar-refractivity contribution is 5.73. The number of alkyl halides is 3. The van der Waals surface area contributed by atoms with Gasteiger partial charge in [0.05, 0.1) is 23.4 Å². The summed E-state index contributed by atoms with van der Waals surface area (Å²) < 4.78 is 42.3. The minimum absolute atomic E-state index is 0.180. The molecule has 0 aliphatic carbocycles. The van der Waals surface area contributed by atoms with Crippen molar-refractivity contribution < 1.29 is 13.2 Å². The zero-order valence-corrected chi connectivity index (χ0v) is 23.2. The van der Waals surface area contributed by atoms with Crippen LogP contribution in [0.25, 0.3) is 11.1 Å². The van der Waals surface area contributed by atoms with Crippen LogP contribution in [-0.4, -0.2) is 36.0 Å². The molecule has 0 bridgehead atoms. The standard InChI is InChI=1S/C17H20F3N3.C11H12N2.C2H6/c1-11(2)23-6-4-5-12-7-14(13-9-21-22(3)10-13)15(8-16(12)23)17(18,19)20;1-13-6-2-3-10-7-9(8-12)4-5-11(10)13;1-2/h7-11H,4-6H2,1-3H3;4-5,7H,2-3,6H2,1H3;1-2H3. The Morgan fingerprint density at radius 3 is 2.18 bits per heavy atom. The normalized spacial score (nSPS) is 14.4. The van der Waals surface area contributed by atoms with Crippen molar-refractivity contribution in [3.05, 3.63) is 65.0 Å². The van der Waals surface area contributed by atoms with Gasteiger partial charge in [0.15, 0.2) is 0 Å². The number of nitrogens with zero attached hydrogens (tertiary/aromatic N) is 5. The number of hydrogen-bond acceptors (Lipinski definition) is 4. The molecule has 2 aromatic carbocycles. The maximum atomic E-state index is 13.6. The molecule has 1 aromatic heterocycles. The summed E-state index contributed by atoms with van der Waals surface area (Å²) in [6.07, 6.45) is 2.79. The Kier molecular flexibility index (Phi) is 9.48. The molecule has 0 unspecified atom stereocenters. The molecular formula is C30H38F3N5. The molecule has 0 spiro atoms. The van der Waals surface area contributed by atoms with Crippen molar-refractivity contribution in [2.24, 2.45) is 7.05 Å². The van der Waals surface area contributed by atoms with Crippen molar-refractivity contribution in [2.45, 2.75) is 65.6 Å². The summed E-state index contributed by atoms with van der Waals surface area (Å²) in [4.78, 5) is 4.31. The first-order valence-corrected chi connectivity index (χ1v) is 13.3. The summed E-state index contributed by atoms with van der Waals surface area (Å²) in [6.45, 7) is 9.95. The molecule has 3 aromatic rings. The number of halogens is 3. The van der Waals surface area contributed by atoms with Crippen LogP contribution in [0.2, 0.25) is 0 Å². The Hall–Kier alpha value is -3.47. The van der Waals surface area contributed by atoms with Gasteiger partial charge in [-0.2, -0.15) is 23.5 Å². The number of anilines is 2.